The van der Waals surface area contributed by atoms with Gasteiger partial charge in [-0.2, -0.15) is 0 Å². The first kappa shape index (κ1) is 18.7. The van der Waals surface area contributed by atoms with Crippen molar-refractivity contribution in [1.29, 1.82) is 0 Å². The van der Waals surface area contributed by atoms with Crippen molar-refractivity contribution in [2.75, 3.05) is 0 Å². The third-order valence-electron chi connectivity index (χ3n) is 5.14. The molecule has 0 radical (unpaired) electrons. The Labute approximate surface area is 166 Å². The molecule has 146 valence electrons. The Morgan fingerprint density at radius 3 is 2.86 bits per heavy atom. The predicted molar refractivity (Wildman–Crippen MR) is 111 cm³/mol. The van der Waals surface area contributed by atoms with E-state index in [9.17, 15) is 9.59 Å². The smallest absolute Gasteiger partial charge is 0.263 e. The number of rotatable bonds is 6. The van der Waals surface area contributed by atoms with Gasteiger partial charge in [0, 0.05) is 12.6 Å². The summed E-state index contributed by atoms with van der Waals surface area (Å²) in [6.45, 7) is 5.95. The average molecular weight is 398 g/mol. The number of thioether (sulfide) groups is 1. The van der Waals surface area contributed by atoms with Gasteiger partial charge in [-0.3, -0.25) is 18.6 Å². The van der Waals surface area contributed by atoms with Gasteiger partial charge in [-0.15, -0.1) is 16.8 Å². The monoisotopic (exact) mass is 397 g/mol. The molecule has 1 aliphatic carbocycles. The molecular weight excluding hydrogens is 374 g/mol. The topological polar surface area (TPSA) is 81.3 Å². The van der Waals surface area contributed by atoms with Crippen LogP contribution >= 0.6 is 11.8 Å². The van der Waals surface area contributed by atoms with Crippen LogP contribution in [0.2, 0.25) is 0 Å². The maximum Gasteiger partial charge on any atom is 0.263 e. The van der Waals surface area contributed by atoms with E-state index in [1.807, 2.05) is 29.5 Å². The number of hydrogen-bond donors (Lipinski definition) is 1. The summed E-state index contributed by atoms with van der Waals surface area (Å²) in [5.74, 6) is 0.465. The summed E-state index contributed by atoms with van der Waals surface area (Å²) in [6.07, 6.45) is 6.11. The first-order valence-electron chi connectivity index (χ1n) is 9.54. The first-order chi connectivity index (χ1) is 13.6. The fourth-order valence-electron chi connectivity index (χ4n) is 3.70. The number of aromatic nitrogens is 4. The minimum Gasteiger partial charge on any atom is -0.352 e. The number of benzene rings is 1. The number of amides is 1. The molecule has 2 aromatic heterocycles. The number of nitrogens with one attached hydrogen (secondary N) is 1. The predicted octanol–water partition coefficient (Wildman–Crippen LogP) is 2.77. The van der Waals surface area contributed by atoms with Gasteiger partial charge in [-0.25, -0.2) is 0 Å². The van der Waals surface area contributed by atoms with Gasteiger partial charge in [-0.05, 0) is 31.9 Å². The lowest BCUT2D eigenvalue weighted by Crippen LogP contribution is -2.37. The Morgan fingerprint density at radius 2 is 2.11 bits per heavy atom. The molecule has 1 unspecified atom stereocenters. The molecule has 1 aliphatic rings. The highest BCUT2D eigenvalue weighted by Gasteiger charge is 2.24. The van der Waals surface area contributed by atoms with Crippen LogP contribution in [-0.4, -0.2) is 36.4 Å². The Hall–Kier alpha value is -2.61. The zero-order valence-electron chi connectivity index (χ0n) is 15.8. The van der Waals surface area contributed by atoms with Crippen molar-refractivity contribution >= 4 is 34.3 Å². The lowest BCUT2D eigenvalue weighted by atomic mass is 10.2. The molecule has 1 atom stereocenters. The van der Waals surface area contributed by atoms with E-state index in [1.54, 1.807) is 16.7 Å². The van der Waals surface area contributed by atoms with Crippen LogP contribution < -0.4 is 10.9 Å². The summed E-state index contributed by atoms with van der Waals surface area (Å²) in [5, 5.41) is 12.5. The Morgan fingerprint density at radius 1 is 1.36 bits per heavy atom. The van der Waals surface area contributed by atoms with Crippen molar-refractivity contribution in [2.45, 2.75) is 55.6 Å². The second-order valence-electron chi connectivity index (χ2n) is 7.09. The van der Waals surface area contributed by atoms with Crippen molar-refractivity contribution in [2.24, 2.45) is 0 Å². The first-order valence-corrected chi connectivity index (χ1v) is 10.4. The standard InChI is InChI=1S/C20H23N5O2S/c1-3-12-24-18(27)15-10-6-7-11-16(15)25-19(24)22-23-20(25)28-13(2)17(26)21-14-8-4-5-9-14/h3,6-7,10-11,13-14H,1,4-5,8-9,12H2,2H3,(H,21,26). The van der Waals surface area contributed by atoms with Gasteiger partial charge < -0.3 is 5.32 Å². The van der Waals surface area contributed by atoms with Crippen molar-refractivity contribution in [3.05, 3.63) is 47.3 Å². The van der Waals surface area contributed by atoms with E-state index in [0.29, 0.717) is 22.9 Å². The van der Waals surface area contributed by atoms with Crippen LogP contribution in [0.5, 0.6) is 0 Å². The highest BCUT2D eigenvalue weighted by atomic mass is 32.2. The Balaban J connectivity index is 1.72. The Kier molecular flexibility index (Phi) is 5.21. The molecule has 0 spiro atoms. The van der Waals surface area contributed by atoms with E-state index < -0.39 is 0 Å². The van der Waals surface area contributed by atoms with Crippen molar-refractivity contribution < 1.29 is 4.79 Å². The summed E-state index contributed by atoms with van der Waals surface area (Å²) >= 11 is 1.35. The van der Waals surface area contributed by atoms with Crippen LogP contribution in [0.3, 0.4) is 0 Å². The van der Waals surface area contributed by atoms with Gasteiger partial charge in [0.25, 0.3) is 5.56 Å². The van der Waals surface area contributed by atoms with Crippen LogP contribution in [0.25, 0.3) is 16.7 Å². The van der Waals surface area contributed by atoms with Gasteiger partial charge in [0.05, 0.1) is 16.2 Å². The maximum absolute atomic E-state index is 12.8. The fraction of sp³-hybridized carbons (Fsp3) is 0.400. The fourth-order valence-corrected chi connectivity index (χ4v) is 4.57. The number of carbonyl (C=O) groups excluding carboxylic acids is 1. The molecule has 1 saturated carbocycles. The molecule has 1 aromatic carbocycles. The molecule has 0 saturated heterocycles. The summed E-state index contributed by atoms with van der Waals surface area (Å²) in [4.78, 5) is 25.4. The van der Waals surface area contributed by atoms with E-state index in [0.717, 1.165) is 18.4 Å². The van der Waals surface area contributed by atoms with Gasteiger partial charge >= 0.3 is 0 Å². The number of nitrogens with zero attached hydrogens (tertiary/aromatic N) is 4. The van der Waals surface area contributed by atoms with Crippen molar-refractivity contribution in [3.8, 4) is 0 Å². The van der Waals surface area contributed by atoms with Gasteiger partial charge in [0.15, 0.2) is 5.16 Å². The summed E-state index contributed by atoms with van der Waals surface area (Å²) in [5.41, 5.74) is 0.609. The summed E-state index contributed by atoms with van der Waals surface area (Å²) in [7, 11) is 0. The molecule has 8 heteroatoms. The van der Waals surface area contributed by atoms with Crippen molar-refractivity contribution in [1.82, 2.24) is 24.5 Å². The number of allylic oxidation sites excluding steroid dienone is 1. The third kappa shape index (κ3) is 3.32. The normalized spacial score (nSPS) is 15.9. The van der Waals surface area contributed by atoms with Gasteiger partial charge in [0.1, 0.15) is 0 Å². The molecule has 2 heterocycles. The van der Waals surface area contributed by atoms with E-state index in [2.05, 4.69) is 22.1 Å². The van der Waals surface area contributed by atoms with Crippen LogP contribution in [-0.2, 0) is 11.3 Å². The molecule has 1 amide bonds. The molecule has 1 fully saturated rings. The van der Waals surface area contributed by atoms with E-state index in [-0.39, 0.29) is 22.8 Å². The highest BCUT2D eigenvalue weighted by Crippen LogP contribution is 2.26. The van der Waals surface area contributed by atoms with Crippen LogP contribution in [0.15, 0.2) is 46.9 Å². The Bertz CT molecular complexity index is 1100. The lowest BCUT2D eigenvalue weighted by Gasteiger charge is -2.16. The van der Waals surface area contributed by atoms with Crippen molar-refractivity contribution in [3.63, 3.8) is 0 Å². The molecule has 3 aromatic rings. The highest BCUT2D eigenvalue weighted by molar-refractivity contribution is 8.00. The van der Waals surface area contributed by atoms with Crippen LogP contribution in [0.1, 0.15) is 32.6 Å². The van der Waals surface area contributed by atoms with E-state index in [1.165, 1.54) is 24.6 Å². The number of hydrogen-bond acceptors (Lipinski definition) is 5. The second kappa shape index (κ2) is 7.79. The van der Waals surface area contributed by atoms with E-state index >= 15 is 0 Å². The number of carbonyl (C=O) groups is 1. The van der Waals surface area contributed by atoms with Crippen LogP contribution in [0.4, 0.5) is 0 Å². The lowest BCUT2D eigenvalue weighted by molar-refractivity contribution is -0.120. The quantitative estimate of drug-likeness (QED) is 0.511. The largest absolute Gasteiger partial charge is 0.352 e. The zero-order chi connectivity index (χ0) is 19.7. The molecule has 1 N–H and O–H groups in total. The van der Waals surface area contributed by atoms with Gasteiger partial charge in [0.2, 0.25) is 11.7 Å². The number of fused-ring (bicyclic) bond motifs is 3. The molecule has 7 nitrogen and oxygen atoms in total. The molecular formula is C20H23N5O2S. The molecule has 28 heavy (non-hydrogen) atoms. The minimum absolute atomic E-state index is 0.0115. The SMILES string of the molecule is C=CCn1c(=O)c2ccccc2n2c(SC(C)C(=O)NC3CCCC3)nnc12. The average Bonchev–Trinajstić information content (AvgIpc) is 3.35. The van der Waals surface area contributed by atoms with E-state index in [4.69, 9.17) is 0 Å². The summed E-state index contributed by atoms with van der Waals surface area (Å²) < 4.78 is 3.40. The minimum atomic E-state index is -0.313. The zero-order valence-corrected chi connectivity index (χ0v) is 16.6. The maximum atomic E-state index is 12.8. The molecule has 4 rings (SSSR count). The molecule has 0 aliphatic heterocycles. The second-order valence-corrected chi connectivity index (χ2v) is 8.40. The third-order valence-corrected chi connectivity index (χ3v) is 6.19. The number of para-hydroxylation sites is 1. The van der Waals surface area contributed by atoms with Gasteiger partial charge in [-0.1, -0.05) is 42.8 Å². The molecule has 0 bridgehead atoms. The summed E-state index contributed by atoms with van der Waals surface area (Å²) in [6, 6.07) is 7.66. The van der Waals surface area contributed by atoms with Crippen LogP contribution in [0, 0.1) is 0 Å².